The van der Waals surface area contributed by atoms with Crippen LogP contribution in [0.2, 0.25) is 5.02 Å². The molecule has 0 spiro atoms. The molecule has 1 aliphatic heterocycles. The fraction of sp³-hybridized carbons (Fsp3) is 0.647. The highest BCUT2D eigenvalue weighted by Gasteiger charge is 2.13. The number of rotatable bonds is 6. The maximum Gasteiger partial charge on any atom is 0.0408 e. The number of likely N-dealkylation sites (tertiary alicyclic amines) is 1. The summed E-state index contributed by atoms with van der Waals surface area (Å²) in [6, 6.07) is 6.14. The van der Waals surface area contributed by atoms with Crippen LogP contribution in [0.1, 0.15) is 37.3 Å². The molecular weight excluding hydrogens is 268 g/mol. The Hall–Kier alpha value is -0.570. The molecule has 0 amide bonds. The Morgan fingerprint density at radius 3 is 2.70 bits per heavy atom. The lowest BCUT2D eigenvalue weighted by Crippen LogP contribution is -2.36. The van der Waals surface area contributed by atoms with Crippen molar-refractivity contribution in [3.63, 3.8) is 0 Å². The summed E-state index contributed by atoms with van der Waals surface area (Å²) in [7, 11) is 0. The molecule has 0 aromatic heterocycles. The average Bonchev–Trinajstić information content (AvgIpc) is 2.42. The summed E-state index contributed by atoms with van der Waals surface area (Å²) < 4.78 is 0. The van der Waals surface area contributed by atoms with Crippen LogP contribution in [-0.2, 0) is 6.54 Å². The molecule has 0 radical (unpaired) electrons. The van der Waals surface area contributed by atoms with Crippen molar-refractivity contribution in [1.82, 2.24) is 10.2 Å². The Morgan fingerprint density at radius 2 is 2.00 bits per heavy atom. The molecule has 20 heavy (non-hydrogen) atoms. The number of hydrogen-bond donors (Lipinski definition) is 1. The van der Waals surface area contributed by atoms with Gasteiger partial charge in [-0.05, 0) is 68.6 Å². The Labute approximate surface area is 128 Å². The zero-order chi connectivity index (χ0) is 14.4. The van der Waals surface area contributed by atoms with Gasteiger partial charge >= 0.3 is 0 Å². The predicted octanol–water partition coefficient (Wildman–Crippen LogP) is 3.86. The zero-order valence-corrected chi connectivity index (χ0v) is 13.5. The van der Waals surface area contributed by atoms with E-state index in [9.17, 15) is 0 Å². The minimum Gasteiger partial charge on any atom is -0.312 e. The fourth-order valence-electron chi connectivity index (χ4n) is 2.96. The zero-order valence-electron chi connectivity index (χ0n) is 12.8. The van der Waals surface area contributed by atoms with E-state index in [0.29, 0.717) is 5.92 Å². The SMILES string of the molecule is Cc1cc(Cl)ccc1CNCC(C)CN1CCCCC1. The van der Waals surface area contributed by atoms with Crippen molar-refractivity contribution in [2.45, 2.75) is 39.7 Å². The van der Waals surface area contributed by atoms with Crippen LogP contribution in [0.3, 0.4) is 0 Å². The third kappa shape index (κ3) is 5.08. The van der Waals surface area contributed by atoms with Gasteiger partial charge in [-0.15, -0.1) is 0 Å². The first-order chi connectivity index (χ1) is 9.65. The molecule has 0 aliphatic carbocycles. The Bertz CT molecular complexity index is 413. The predicted molar refractivity (Wildman–Crippen MR) is 87.4 cm³/mol. The molecule has 0 saturated carbocycles. The van der Waals surface area contributed by atoms with Crippen LogP contribution in [0.15, 0.2) is 18.2 Å². The second-order valence-electron chi connectivity index (χ2n) is 6.17. The highest BCUT2D eigenvalue weighted by molar-refractivity contribution is 6.30. The summed E-state index contributed by atoms with van der Waals surface area (Å²) in [5.74, 6) is 0.709. The van der Waals surface area contributed by atoms with Gasteiger partial charge in [-0.2, -0.15) is 0 Å². The molecule has 1 saturated heterocycles. The fourth-order valence-corrected chi connectivity index (χ4v) is 3.18. The normalized spacial score (nSPS) is 18.1. The van der Waals surface area contributed by atoms with E-state index in [1.807, 2.05) is 12.1 Å². The van der Waals surface area contributed by atoms with Crippen molar-refractivity contribution < 1.29 is 0 Å². The summed E-state index contributed by atoms with van der Waals surface area (Å²) in [6.07, 6.45) is 4.17. The van der Waals surface area contributed by atoms with Crippen molar-refractivity contribution in [3.05, 3.63) is 34.3 Å². The van der Waals surface area contributed by atoms with Gasteiger partial charge in [0.1, 0.15) is 0 Å². The van der Waals surface area contributed by atoms with Crippen LogP contribution in [-0.4, -0.2) is 31.1 Å². The van der Waals surface area contributed by atoms with Crippen LogP contribution in [0.4, 0.5) is 0 Å². The third-order valence-electron chi connectivity index (χ3n) is 4.13. The summed E-state index contributed by atoms with van der Waals surface area (Å²) >= 11 is 5.98. The number of hydrogen-bond acceptors (Lipinski definition) is 2. The highest BCUT2D eigenvalue weighted by atomic mass is 35.5. The van der Waals surface area contributed by atoms with E-state index in [-0.39, 0.29) is 0 Å². The molecule has 3 heteroatoms. The smallest absolute Gasteiger partial charge is 0.0408 e. The summed E-state index contributed by atoms with van der Waals surface area (Å²) in [4.78, 5) is 2.61. The summed E-state index contributed by atoms with van der Waals surface area (Å²) in [5, 5.41) is 4.41. The number of piperidine rings is 1. The largest absolute Gasteiger partial charge is 0.312 e. The molecular formula is C17H27ClN2. The van der Waals surface area contributed by atoms with Gasteiger partial charge in [-0.1, -0.05) is 31.0 Å². The third-order valence-corrected chi connectivity index (χ3v) is 4.37. The van der Waals surface area contributed by atoms with Crippen LogP contribution in [0.5, 0.6) is 0 Å². The van der Waals surface area contributed by atoms with Gasteiger partial charge < -0.3 is 10.2 Å². The van der Waals surface area contributed by atoms with Crippen LogP contribution < -0.4 is 5.32 Å². The van der Waals surface area contributed by atoms with Gasteiger partial charge in [-0.25, -0.2) is 0 Å². The molecule has 2 rings (SSSR count). The molecule has 1 fully saturated rings. The second kappa shape index (κ2) is 8.02. The Balaban J connectivity index is 1.69. The van der Waals surface area contributed by atoms with Gasteiger partial charge in [0, 0.05) is 18.1 Å². The molecule has 1 heterocycles. The molecule has 2 nitrogen and oxygen atoms in total. The van der Waals surface area contributed by atoms with Crippen molar-refractivity contribution >= 4 is 11.6 Å². The molecule has 1 atom stereocenters. The first kappa shape index (κ1) is 15.8. The van der Waals surface area contributed by atoms with Crippen LogP contribution in [0, 0.1) is 12.8 Å². The van der Waals surface area contributed by atoms with Gasteiger partial charge in [0.25, 0.3) is 0 Å². The van der Waals surface area contributed by atoms with E-state index in [0.717, 1.165) is 18.1 Å². The topological polar surface area (TPSA) is 15.3 Å². The first-order valence-corrected chi connectivity index (χ1v) is 8.21. The lowest BCUT2D eigenvalue weighted by molar-refractivity contribution is 0.199. The molecule has 0 bridgehead atoms. The molecule has 1 aliphatic rings. The number of nitrogens with zero attached hydrogens (tertiary/aromatic N) is 1. The van der Waals surface area contributed by atoms with Crippen molar-refractivity contribution in [3.8, 4) is 0 Å². The van der Waals surface area contributed by atoms with Crippen LogP contribution in [0.25, 0.3) is 0 Å². The van der Waals surface area contributed by atoms with Crippen molar-refractivity contribution in [2.75, 3.05) is 26.2 Å². The molecule has 1 unspecified atom stereocenters. The number of halogens is 1. The number of aryl methyl sites for hydroxylation is 1. The monoisotopic (exact) mass is 294 g/mol. The van der Waals surface area contributed by atoms with Gasteiger partial charge in [0.2, 0.25) is 0 Å². The van der Waals surface area contributed by atoms with E-state index >= 15 is 0 Å². The van der Waals surface area contributed by atoms with Crippen molar-refractivity contribution in [1.29, 1.82) is 0 Å². The second-order valence-corrected chi connectivity index (χ2v) is 6.60. The highest BCUT2D eigenvalue weighted by Crippen LogP contribution is 2.15. The average molecular weight is 295 g/mol. The van der Waals surface area contributed by atoms with E-state index in [4.69, 9.17) is 11.6 Å². The first-order valence-electron chi connectivity index (χ1n) is 7.83. The van der Waals surface area contributed by atoms with E-state index in [1.54, 1.807) is 0 Å². The quantitative estimate of drug-likeness (QED) is 0.857. The van der Waals surface area contributed by atoms with Crippen molar-refractivity contribution in [2.24, 2.45) is 5.92 Å². The molecule has 1 aromatic carbocycles. The minimum absolute atomic E-state index is 0.709. The van der Waals surface area contributed by atoms with Gasteiger partial charge in [-0.3, -0.25) is 0 Å². The van der Waals surface area contributed by atoms with E-state index in [2.05, 4.69) is 30.1 Å². The van der Waals surface area contributed by atoms with Gasteiger partial charge in [0.05, 0.1) is 0 Å². The molecule has 1 aromatic rings. The van der Waals surface area contributed by atoms with Gasteiger partial charge in [0.15, 0.2) is 0 Å². The maximum atomic E-state index is 5.98. The lowest BCUT2D eigenvalue weighted by atomic mass is 10.1. The lowest BCUT2D eigenvalue weighted by Gasteiger charge is -2.29. The maximum absolute atomic E-state index is 5.98. The Kier molecular flexibility index (Phi) is 6.34. The Morgan fingerprint density at radius 1 is 1.25 bits per heavy atom. The number of benzene rings is 1. The standard InChI is InChI=1S/C17H27ClN2/c1-14(13-20-8-4-3-5-9-20)11-19-12-16-6-7-17(18)10-15(16)2/h6-7,10,14,19H,3-5,8-9,11-13H2,1-2H3. The number of nitrogens with one attached hydrogen (secondary N) is 1. The van der Waals surface area contributed by atoms with E-state index in [1.165, 1.54) is 50.0 Å². The van der Waals surface area contributed by atoms with E-state index < -0.39 is 0 Å². The van der Waals surface area contributed by atoms with Crippen LogP contribution >= 0.6 is 11.6 Å². The molecule has 112 valence electrons. The molecule has 1 N–H and O–H groups in total. The summed E-state index contributed by atoms with van der Waals surface area (Å²) in [6.45, 7) is 10.3. The summed E-state index contributed by atoms with van der Waals surface area (Å²) in [5.41, 5.74) is 2.62. The minimum atomic E-state index is 0.709.